The second kappa shape index (κ2) is 9.18. The normalized spacial score (nSPS) is 12.2. The molecule has 0 bridgehead atoms. The van der Waals surface area contributed by atoms with Crippen LogP contribution < -0.4 is 14.2 Å². The van der Waals surface area contributed by atoms with Crippen molar-refractivity contribution >= 4 is 32.9 Å². The molecule has 1 aromatic rings. The van der Waals surface area contributed by atoms with E-state index in [-0.39, 0.29) is 19.1 Å². The highest BCUT2D eigenvalue weighted by molar-refractivity contribution is 9.10. The number of nitrogens with one attached hydrogen (secondary N) is 2. The molecule has 1 rings (SSSR count). The second-order valence-electron chi connectivity index (χ2n) is 3.53. The van der Waals surface area contributed by atoms with Crippen molar-refractivity contribution in [3.63, 3.8) is 0 Å². The van der Waals surface area contributed by atoms with Gasteiger partial charge in [-0.25, -0.2) is 18.9 Å². The highest BCUT2D eigenvalue weighted by Gasteiger charge is 2.11. The van der Waals surface area contributed by atoms with Crippen LogP contribution in [0.25, 0.3) is 0 Å². The number of aromatic nitrogens is 2. The first kappa shape index (κ1) is 16.3. The Morgan fingerprint density at radius 3 is 3.00 bits per heavy atom. The van der Waals surface area contributed by atoms with Gasteiger partial charge in [0.05, 0.1) is 6.61 Å². The van der Waals surface area contributed by atoms with Gasteiger partial charge in [-0.15, -0.1) is 0 Å². The molecule has 0 aliphatic heterocycles. The number of hydrogen-bond acceptors (Lipinski definition) is 5. The zero-order valence-corrected chi connectivity index (χ0v) is 13.0. The zero-order chi connectivity index (χ0) is 14.1. The van der Waals surface area contributed by atoms with E-state index in [9.17, 15) is 4.21 Å². The minimum atomic E-state index is -1.42. The van der Waals surface area contributed by atoms with Gasteiger partial charge in [0.1, 0.15) is 17.4 Å². The topological polar surface area (TPSA) is 96.4 Å². The Bertz CT molecular complexity index is 422. The van der Waals surface area contributed by atoms with E-state index in [1.165, 1.54) is 6.33 Å². The molecule has 1 aromatic heterocycles. The molecule has 1 unspecified atom stereocenters. The molecular formula is C10H17BrN4O3S. The van der Waals surface area contributed by atoms with E-state index in [1.54, 1.807) is 0 Å². The van der Waals surface area contributed by atoms with Gasteiger partial charge in [-0.2, -0.15) is 0 Å². The van der Waals surface area contributed by atoms with E-state index >= 15 is 0 Å². The summed E-state index contributed by atoms with van der Waals surface area (Å²) in [5.41, 5.74) is 0. The van der Waals surface area contributed by atoms with Crippen molar-refractivity contribution in [2.45, 2.75) is 19.8 Å². The maximum Gasteiger partial charge on any atom is 0.233 e. The number of halogens is 1. The summed E-state index contributed by atoms with van der Waals surface area (Å²) in [6.45, 7) is 2.74. The second-order valence-corrected chi connectivity index (χ2v) is 5.36. The van der Waals surface area contributed by atoms with Crippen molar-refractivity contribution in [3.8, 4) is 5.88 Å². The van der Waals surface area contributed by atoms with E-state index in [0.717, 1.165) is 12.8 Å². The molecule has 9 heteroatoms. The Kier molecular flexibility index (Phi) is 7.87. The summed E-state index contributed by atoms with van der Waals surface area (Å²) in [4.78, 5) is 7.88. The molecule has 0 saturated heterocycles. The van der Waals surface area contributed by atoms with Crippen LogP contribution in [0.2, 0.25) is 0 Å². The Hall–Kier alpha value is -0.770. The fraction of sp³-hybridized carbons (Fsp3) is 0.600. The van der Waals surface area contributed by atoms with Crippen LogP contribution in [-0.4, -0.2) is 39.0 Å². The molecule has 0 spiro atoms. The molecule has 0 aliphatic rings. The fourth-order valence-corrected chi connectivity index (χ4v) is 2.42. The lowest BCUT2D eigenvalue weighted by Gasteiger charge is -2.10. The Morgan fingerprint density at radius 1 is 1.53 bits per heavy atom. The van der Waals surface area contributed by atoms with Crippen LogP contribution >= 0.6 is 15.9 Å². The number of nitrogens with zero attached hydrogens (tertiary/aromatic N) is 2. The van der Waals surface area contributed by atoms with Crippen LogP contribution in [0.15, 0.2) is 10.8 Å². The molecule has 0 aromatic carbocycles. The maximum absolute atomic E-state index is 11.7. The number of ether oxygens (including phenoxy) is 1. The molecular weight excluding hydrogens is 336 g/mol. The monoisotopic (exact) mass is 352 g/mol. The van der Waals surface area contributed by atoms with Crippen LogP contribution in [0.4, 0.5) is 5.82 Å². The first-order valence-corrected chi connectivity index (χ1v) is 7.79. The van der Waals surface area contributed by atoms with Gasteiger partial charge < -0.3 is 9.84 Å². The standard InChI is InChI=1S/C10H17BrN4O3S/c1-2-3-4-14-19(17)15-9-8(11)10(13-7-12-9)18-6-5-16/h7,14,16H,2-6H2,1H3,(H,12,13,15). The van der Waals surface area contributed by atoms with Gasteiger partial charge in [0.15, 0.2) is 17.0 Å². The Morgan fingerprint density at radius 2 is 2.32 bits per heavy atom. The van der Waals surface area contributed by atoms with Gasteiger partial charge in [-0.05, 0) is 22.4 Å². The highest BCUT2D eigenvalue weighted by atomic mass is 79.9. The highest BCUT2D eigenvalue weighted by Crippen LogP contribution is 2.28. The summed E-state index contributed by atoms with van der Waals surface area (Å²) >= 11 is 1.84. The maximum atomic E-state index is 11.7. The average molecular weight is 353 g/mol. The van der Waals surface area contributed by atoms with Crippen LogP contribution in [0, 0.1) is 0 Å². The number of unbranched alkanes of at least 4 members (excludes halogenated alkanes) is 1. The molecule has 7 nitrogen and oxygen atoms in total. The zero-order valence-electron chi connectivity index (χ0n) is 10.6. The molecule has 0 fully saturated rings. The van der Waals surface area contributed by atoms with E-state index in [1.807, 2.05) is 0 Å². The van der Waals surface area contributed by atoms with E-state index < -0.39 is 11.2 Å². The van der Waals surface area contributed by atoms with Gasteiger partial charge in [0.25, 0.3) is 0 Å². The van der Waals surface area contributed by atoms with E-state index in [4.69, 9.17) is 9.84 Å². The third-order valence-electron chi connectivity index (χ3n) is 2.04. The van der Waals surface area contributed by atoms with Crippen molar-refractivity contribution in [1.82, 2.24) is 14.7 Å². The Labute approximate surface area is 123 Å². The Balaban J connectivity index is 2.60. The summed E-state index contributed by atoms with van der Waals surface area (Å²) < 4.78 is 22.9. The van der Waals surface area contributed by atoms with Gasteiger partial charge in [-0.3, -0.25) is 4.72 Å². The summed E-state index contributed by atoms with van der Waals surface area (Å²) in [6, 6.07) is 0. The summed E-state index contributed by atoms with van der Waals surface area (Å²) in [5, 5.41) is 8.70. The van der Waals surface area contributed by atoms with Crippen molar-refractivity contribution < 1.29 is 14.1 Å². The third-order valence-corrected chi connectivity index (χ3v) is 3.60. The molecule has 0 radical (unpaired) electrons. The predicted molar refractivity (Wildman–Crippen MR) is 77.0 cm³/mol. The number of aliphatic hydroxyl groups excluding tert-OH is 1. The van der Waals surface area contributed by atoms with Gasteiger partial charge >= 0.3 is 0 Å². The van der Waals surface area contributed by atoms with Gasteiger partial charge in [-0.1, -0.05) is 13.3 Å². The summed E-state index contributed by atoms with van der Waals surface area (Å²) in [7, 11) is 0. The SMILES string of the molecule is CCCCNS(=O)Nc1ncnc(OCCO)c1Br. The largest absolute Gasteiger partial charge is 0.474 e. The number of rotatable bonds is 9. The van der Waals surface area contributed by atoms with Crippen LogP contribution in [0.1, 0.15) is 19.8 Å². The fourth-order valence-electron chi connectivity index (χ4n) is 1.13. The molecule has 0 aliphatic carbocycles. The first-order valence-electron chi connectivity index (χ1n) is 5.85. The lowest BCUT2D eigenvalue weighted by atomic mass is 10.3. The van der Waals surface area contributed by atoms with E-state index in [0.29, 0.717) is 16.8 Å². The quantitative estimate of drug-likeness (QED) is 0.576. The van der Waals surface area contributed by atoms with Crippen molar-refractivity contribution in [2.75, 3.05) is 24.5 Å². The average Bonchev–Trinajstić information content (AvgIpc) is 2.40. The molecule has 3 N–H and O–H groups in total. The van der Waals surface area contributed by atoms with Crippen LogP contribution in [0.5, 0.6) is 5.88 Å². The summed E-state index contributed by atoms with van der Waals surface area (Å²) in [5.74, 6) is 0.655. The number of aliphatic hydroxyl groups is 1. The molecule has 0 amide bonds. The molecule has 1 atom stereocenters. The molecule has 19 heavy (non-hydrogen) atoms. The van der Waals surface area contributed by atoms with Crippen molar-refractivity contribution in [1.29, 1.82) is 0 Å². The number of hydrogen-bond donors (Lipinski definition) is 3. The first-order chi connectivity index (χ1) is 9.19. The lowest BCUT2D eigenvalue weighted by molar-refractivity contribution is 0.196. The predicted octanol–water partition coefficient (Wildman–Crippen LogP) is 0.990. The summed E-state index contributed by atoms with van der Waals surface area (Å²) in [6.07, 6.45) is 3.27. The molecule has 0 saturated carbocycles. The third kappa shape index (κ3) is 5.81. The minimum Gasteiger partial charge on any atom is -0.474 e. The van der Waals surface area contributed by atoms with Crippen LogP contribution in [-0.2, 0) is 11.2 Å². The molecule has 1 heterocycles. The van der Waals surface area contributed by atoms with Crippen molar-refractivity contribution in [2.24, 2.45) is 0 Å². The van der Waals surface area contributed by atoms with E-state index in [2.05, 4.69) is 42.3 Å². The molecule has 108 valence electrons. The van der Waals surface area contributed by atoms with Crippen molar-refractivity contribution in [3.05, 3.63) is 10.8 Å². The van der Waals surface area contributed by atoms with Crippen LogP contribution in [0.3, 0.4) is 0 Å². The van der Waals surface area contributed by atoms with Gasteiger partial charge in [0, 0.05) is 6.54 Å². The van der Waals surface area contributed by atoms with Gasteiger partial charge in [0.2, 0.25) is 5.88 Å². The number of anilines is 1. The lowest BCUT2D eigenvalue weighted by Crippen LogP contribution is -2.25. The smallest absolute Gasteiger partial charge is 0.233 e. The minimum absolute atomic E-state index is 0.107.